The number of hydrogen-bond donors (Lipinski definition) is 1. The third kappa shape index (κ3) is 3.85. The summed E-state index contributed by atoms with van der Waals surface area (Å²) < 4.78 is 30.4. The van der Waals surface area contributed by atoms with E-state index in [1.807, 2.05) is 0 Å². The van der Waals surface area contributed by atoms with Crippen LogP contribution in [0.25, 0.3) is 0 Å². The molecule has 0 saturated carbocycles. The zero-order valence-electron chi connectivity index (χ0n) is 13.9. The van der Waals surface area contributed by atoms with Crippen LogP contribution in [0.1, 0.15) is 32.7 Å². The van der Waals surface area contributed by atoms with Gasteiger partial charge in [0.1, 0.15) is 6.61 Å². The fourth-order valence-corrected chi connectivity index (χ4v) is 4.26. The first-order valence-corrected chi connectivity index (χ1v) is 9.64. The average Bonchev–Trinajstić information content (AvgIpc) is 2.99. The van der Waals surface area contributed by atoms with Gasteiger partial charge in [0, 0.05) is 12.1 Å². The Kier molecular flexibility index (Phi) is 4.94. The van der Waals surface area contributed by atoms with Gasteiger partial charge in [0.25, 0.3) is 0 Å². The quantitative estimate of drug-likeness (QED) is 0.802. The van der Waals surface area contributed by atoms with E-state index in [2.05, 4.69) is 0 Å². The van der Waals surface area contributed by atoms with Crippen molar-refractivity contribution in [1.29, 1.82) is 0 Å². The van der Waals surface area contributed by atoms with E-state index < -0.39 is 21.9 Å². The molecule has 7 nitrogen and oxygen atoms in total. The first-order chi connectivity index (χ1) is 12.4. The van der Waals surface area contributed by atoms with Crippen molar-refractivity contribution in [3.63, 3.8) is 0 Å². The molecule has 1 aliphatic heterocycles. The van der Waals surface area contributed by atoms with E-state index in [4.69, 9.17) is 10.5 Å². The molecule has 26 heavy (non-hydrogen) atoms. The maximum Gasteiger partial charge on any atom is 0.338 e. The van der Waals surface area contributed by atoms with E-state index >= 15 is 0 Å². The second kappa shape index (κ2) is 7.17. The zero-order chi connectivity index (χ0) is 18.7. The lowest BCUT2D eigenvalue weighted by molar-refractivity contribution is 0.0472. The van der Waals surface area contributed by atoms with Gasteiger partial charge in [0.05, 0.1) is 17.0 Å². The number of carbonyl (C=O) groups is 2. The molecule has 136 valence electrons. The summed E-state index contributed by atoms with van der Waals surface area (Å²) in [5, 5.41) is 0. The number of rotatable bonds is 5. The number of hydrogen-bond acceptors (Lipinski definition) is 5. The van der Waals surface area contributed by atoms with Gasteiger partial charge >= 0.3 is 5.97 Å². The highest BCUT2D eigenvalue weighted by Crippen LogP contribution is 2.24. The van der Waals surface area contributed by atoms with Crippen molar-refractivity contribution >= 4 is 27.6 Å². The number of sulfonamides is 1. The Bertz CT molecular complexity index is 921. The third-order valence-electron chi connectivity index (χ3n) is 4.10. The van der Waals surface area contributed by atoms with Crippen LogP contribution in [0, 0.1) is 0 Å². The molecule has 3 rings (SSSR count). The van der Waals surface area contributed by atoms with Crippen LogP contribution in [0.5, 0.6) is 0 Å². The Morgan fingerprint density at radius 2 is 1.62 bits per heavy atom. The number of nitrogens with zero attached hydrogens (tertiary/aromatic N) is 1. The standard InChI is InChI=1S/C18H18N2O5S/c19-17(21)14-4-2-13(3-5-14)12-25-18(22)15-6-8-16(9-7-15)20-10-1-11-26(20,23)24/h2-9H,1,10-12H2,(H2,19,21). The molecule has 1 heterocycles. The summed E-state index contributed by atoms with van der Waals surface area (Å²) >= 11 is 0. The van der Waals surface area contributed by atoms with Gasteiger partial charge in [-0.05, 0) is 48.4 Å². The molecular weight excluding hydrogens is 356 g/mol. The summed E-state index contributed by atoms with van der Waals surface area (Å²) in [4.78, 5) is 23.1. The summed E-state index contributed by atoms with van der Waals surface area (Å²) in [5.74, 6) is -0.890. The Morgan fingerprint density at radius 1 is 1.00 bits per heavy atom. The molecule has 0 atom stereocenters. The fraction of sp³-hybridized carbons (Fsp3) is 0.222. The lowest BCUT2D eigenvalue weighted by Gasteiger charge is -2.16. The Hall–Kier alpha value is -2.87. The van der Waals surface area contributed by atoms with E-state index in [0.29, 0.717) is 29.8 Å². The van der Waals surface area contributed by atoms with Crippen LogP contribution >= 0.6 is 0 Å². The Morgan fingerprint density at radius 3 is 2.15 bits per heavy atom. The van der Waals surface area contributed by atoms with E-state index in [9.17, 15) is 18.0 Å². The second-order valence-corrected chi connectivity index (χ2v) is 7.94. The molecule has 2 N–H and O–H groups in total. The Balaban J connectivity index is 1.62. The van der Waals surface area contributed by atoms with Crippen molar-refractivity contribution < 1.29 is 22.7 Å². The third-order valence-corrected chi connectivity index (χ3v) is 5.97. The maximum atomic E-state index is 12.1. The molecule has 0 bridgehead atoms. The normalized spacial score (nSPS) is 15.6. The molecule has 0 unspecified atom stereocenters. The van der Waals surface area contributed by atoms with Gasteiger partial charge < -0.3 is 10.5 Å². The smallest absolute Gasteiger partial charge is 0.338 e. The maximum absolute atomic E-state index is 12.1. The molecular formula is C18H18N2O5S. The summed E-state index contributed by atoms with van der Waals surface area (Å²) in [6, 6.07) is 12.7. The van der Waals surface area contributed by atoms with Crippen molar-refractivity contribution in [2.24, 2.45) is 5.73 Å². The number of esters is 1. The van der Waals surface area contributed by atoms with Gasteiger partial charge in [-0.3, -0.25) is 9.10 Å². The van der Waals surface area contributed by atoms with Gasteiger partial charge in [-0.25, -0.2) is 13.2 Å². The largest absolute Gasteiger partial charge is 0.457 e. The molecule has 2 aromatic carbocycles. The molecule has 8 heteroatoms. The highest BCUT2D eigenvalue weighted by Gasteiger charge is 2.28. The van der Waals surface area contributed by atoms with Gasteiger partial charge in [-0.15, -0.1) is 0 Å². The van der Waals surface area contributed by atoms with Crippen LogP contribution < -0.4 is 10.0 Å². The molecule has 1 fully saturated rings. The van der Waals surface area contributed by atoms with Crippen LogP contribution in [0.15, 0.2) is 48.5 Å². The number of benzene rings is 2. The van der Waals surface area contributed by atoms with Gasteiger partial charge in [-0.1, -0.05) is 12.1 Å². The van der Waals surface area contributed by atoms with Crippen LogP contribution in [0.3, 0.4) is 0 Å². The number of primary amides is 1. The van der Waals surface area contributed by atoms with E-state index in [1.54, 1.807) is 48.5 Å². The predicted molar refractivity (Wildman–Crippen MR) is 96.3 cm³/mol. The molecule has 0 radical (unpaired) electrons. The highest BCUT2D eigenvalue weighted by atomic mass is 32.2. The number of amides is 1. The average molecular weight is 374 g/mol. The minimum absolute atomic E-state index is 0.0557. The van der Waals surface area contributed by atoms with E-state index in [0.717, 1.165) is 5.56 Å². The number of anilines is 1. The Labute approximate surface area is 151 Å². The van der Waals surface area contributed by atoms with Gasteiger partial charge in [-0.2, -0.15) is 0 Å². The van der Waals surface area contributed by atoms with Crippen LogP contribution in [0.4, 0.5) is 5.69 Å². The first-order valence-electron chi connectivity index (χ1n) is 8.03. The lowest BCUT2D eigenvalue weighted by atomic mass is 10.1. The van der Waals surface area contributed by atoms with Gasteiger partial charge in [0.15, 0.2) is 0 Å². The van der Waals surface area contributed by atoms with Crippen LogP contribution in [-0.2, 0) is 21.4 Å². The highest BCUT2D eigenvalue weighted by molar-refractivity contribution is 7.93. The number of ether oxygens (including phenoxy) is 1. The molecule has 0 aliphatic carbocycles. The molecule has 0 spiro atoms. The van der Waals surface area contributed by atoms with Crippen molar-refractivity contribution in [3.05, 3.63) is 65.2 Å². The number of carbonyl (C=O) groups excluding carboxylic acids is 2. The predicted octanol–water partition coefficient (Wildman–Crippen LogP) is 1.68. The van der Waals surface area contributed by atoms with Gasteiger partial charge in [0.2, 0.25) is 15.9 Å². The molecule has 1 saturated heterocycles. The summed E-state index contributed by atoms with van der Waals surface area (Å²) in [5.41, 5.74) is 7.15. The summed E-state index contributed by atoms with van der Waals surface area (Å²) in [6.07, 6.45) is 0.598. The molecule has 0 aromatic heterocycles. The van der Waals surface area contributed by atoms with Crippen molar-refractivity contribution in [1.82, 2.24) is 0 Å². The monoisotopic (exact) mass is 374 g/mol. The van der Waals surface area contributed by atoms with Crippen molar-refractivity contribution in [2.75, 3.05) is 16.6 Å². The minimum Gasteiger partial charge on any atom is -0.457 e. The molecule has 1 aliphatic rings. The van der Waals surface area contributed by atoms with E-state index in [-0.39, 0.29) is 12.4 Å². The number of nitrogens with two attached hydrogens (primary N) is 1. The summed E-state index contributed by atoms with van der Waals surface area (Å²) in [7, 11) is -3.24. The lowest BCUT2D eigenvalue weighted by Crippen LogP contribution is -2.25. The molecule has 1 amide bonds. The van der Waals surface area contributed by atoms with Crippen molar-refractivity contribution in [2.45, 2.75) is 13.0 Å². The van der Waals surface area contributed by atoms with Crippen molar-refractivity contribution in [3.8, 4) is 0 Å². The zero-order valence-corrected chi connectivity index (χ0v) is 14.7. The van der Waals surface area contributed by atoms with Crippen LogP contribution in [-0.4, -0.2) is 32.6 Å². The molecule has 2 aromatic rings. The SMILES string of the molecule is NC(=O)c1ccc(COC(=O)c2ccc(N3CCCS3(=O)=O)cc2)cc1. The summed E-state index contributed by atoms with van der Waals surface area (Å²) in [6.45, 7) is 0.507. The second-order valence-electron chi connectivity index (χ2n) is 5.93. The minimum atomic E-state index is -3.24. The fourth-order valence-electron chi connectivity index (χ4n) is 2.69. The first kappa shape index (κ1) is 17.9. The van der Waals surface area contributed by atoms with E-state index in [1.165, 1.54) is 4.31 Å². The van der Waals surface area contributed by atoms with Crippen LogP contribution in [0.2, 0.25) is 0 Å². The topological polar surface area (TPSA) is 107 Å².